The van der Waals surface area contributed by atoms with Crippen molar-refractivity contribution in [1.29, 1.82) is 0 Å². The molecule has 0 aromatic heterocycles. The van der Waals surface area contributed by atoms with Crippen LogP contribution in [-0.2, 0) is 0 Å². The van der Waals surface area contributed by atoms with Crippen molar-refractivity contribution in [1.82, 2.24) is 5.32 Å². The van der Waals surface area contributed by atoms with Crippen LogP contribution in [0.25, 0.3) is 0 Å². The van der Waals surface area contributed by atoms with E-state index in [1.165, 1.54) is 19.3 Å². The SMILES string of the molecule is CCC(O)(CC)CNC1CC(C)CCC1C. The molecule has 1 aliphatic carbocycles. The Morgan fingerprint density at radius 2 is 1.81 bits per heavy atom. The van der Waals surface area contributed by atoms with Gasteiger partial charge in [-0.3, -0.25) is 0 Å². The second kappa shape index (κ2) is 6.02. The molecule has 96 valence electrons. The third-order valence-electron chi connectivity index (χ3n) is 4.47. The summed E-state index contributed by atoms with van der Waals surface area (Å²) in [6.45, 7) is 9.56. The van der Waals surface area contributed by atoms with Gasteiger partial charge in [0.15, 0.2) is 0 Å². The van der Waals surface area contributed by atoms with Gasteiger partial charge in [0.1, 0.15) is 0 Å². The fourth-order valence-electron chi connectivity index (χ4n) is 2.64. The van der Waals surface area contributed by atoms with Crippen LogP contribution in [-0.4, -0.2) is 23.3 Å². The van der Waals surface area contributed by atoms with E-state index in [0.29, 0.717) is 6.04 Å². The molecule has 0 aliphatic heterocycles. The predicted molar refractivity (Wildman–Crippen MR) is 69.5 cm³/mol. The van der Waals surface area contributed by atoms with Gasteiger partial charge >= 0.3 is 0 Å². The van der Waals surface area contributed by atoms with E-state index in [4.69, 9.17) is 0 Å². The highest BCUT2D eigenvalue weighted by atomic mass is 16.3. The van der Waals surface area contributed by atoms with Crippen LogP contribution in [0.5, 0.6) is 0 Å². The molecule has 0 spiro atoms. The first-order chi connectivity index (χ1) is 7.50. The van der Waals surface area contributed by atoms with Crippen LogP contribution < -0.4 is 5.32 Å². The van der Waals surface area contributed by atoms with E-state index >= 15 is 0 Å². The lowest BCUT2D eigenvalue weighted by Crippen LogP contribution is -2.47. The van der Waals surface area contributed by atoms with E-state index in [-0.39, 0.29) is 0 Å². The van der Waals surface area contributed by atoms with E-state index < -0.39 is 5.60 Å². The summed E-state index contributed by atoms with van der Waals surface area (Å²) in [6.07, 6.45) is 5.64. The van der Waals surface area contributed by atoms with Gasteiger partial charge in [-0.05, 0) is 37.5 Å². The molecule has 1 rings (SSSR count). The Morgan fingerprint density at radius 3 is 2.38 bits per heavy atom. The van der Waals surface area contributed by atoms with Crippen LogP contribution in [0.3, 0.4) is 0 Å². The second-order valence-corrected chi connectivity index (χ2v) is 5.81. The molecule has 3 atom stereocenters. The van der Waals surface area contributed by atoms with Gasteiger partial charge in [0.05, 0.1) is 5.60 Å². The summed E-state index contributed by atoms with van der Waals surface area (Å²) in [5.41, 5.74) is -0.500. The largest absolute Gasteiger partial charge is 0.389 e. The van der Waals surface area contributed by atoms with Gasteiger partial charge in [0.25, 0.3) is 0 Å². The zero-order chi connectivity index (χ0) is 12.2. The molecular weight excluding hydrogens is 198 g/mol. The Balaban J connectivity index is 2.41. The number of hydrogen-bond donors (Lipinski definition) is 2. The summed E-state index contributed by atoms with van der Waals surface area (Å²) in [5, 5.41) is 13.8. The van der Waals surface area contributed by atoms with E-state index in [9.17, 15) is 5.11 Å². The summed E-state index contributed by atoms with van der Waals surface area (Å²) < 4.78 is 0. The molecule has 0 saturated heterocycles. The number of nitrogens with one attached hydrogen (secondary N) is 1. The second-order valence-electron chi connectivity index (χ2n) is 5.81. The fraction of sp³-hybridized carbons (Fsp3) is 1.00. The van der Waals surface area contributed by atoms with Crippen molar-refractivity contribution in [3.8, 4) is 0 Å². The Bertz CT molecular complexity index is 201. The van der Waals surface area contributed by atoms with Crippen molar-refractivity contribution in [2.24, 2.45) is 11.8 Å². The van der Waals surface area contributed by atoms with Gasteiger partial charge in [0.2, 0.25) is 0 Å². The molecular formula is C14H29NO. The molecule has 3 unspecified atom stereocenters. The van der Waals surface area contributed by atoms with Gasteiger partial charge in [0, 0.05) is 12.6 Å². The zero-order valence-electron chi connectivity index (χ0n) is 11.4. The number of aliphatic hydroxyl groups is 1. The minimum atomic E-state index is -0.500. The maximum Gasteiger partial charge on any atom is 0.0766 e. The van der Waals surface area contributed by atoms with Crippen LogP contribution in [0.4, 0.5) is 0 Å². The average molecular weight is 227 g/mol. The minimum absolute atomic E-state index is 0.500. The Hall–Kier alpha value is -0.0800. The Labute approximate surface area is 101 Å². The van der Waals surface area contributed by atoms with Crippen LogP contribution >= 0.6 is 0 Å². The highest BCUT2D eigenvalue weighted by Crippen LogP contribution is 2.28. The van der Waals surface area contributed by atoms with Crippen LogP contribution in [0.2, 0.25) is 0 Å². The standard InChI is InChI=1S/C14H29NO/c1-5-14(16,6-2)10-15-13-9-11(3)7-8-12(13)4/h11-13,15-16H,5-10H2,1-4H3. The van der Waals surface area contributed by atoms with Crippen LogP contribution in [0, 0.1) is 11.8 Å². The van der Waals surface area contributed by atoms with Crippen molar-refractivity contribution in [3.63, 3.8) is 0 Å². The first kappa shape index (κ1) is 14.0. The minimum Gasteiger partial charge on any atom is -0.389 e. The third-order valence-corrected chi connectivity index (χ3v) is 4.47. The molecule has 1 aliphatic rings. The average Bonchev–Trinajstić information content (AvgIpc) is 2.30. The molecule has 2 nitrogen and oxygen atoms in total. The van der Waals surface area contributed by atoms with Crippen molar-refractivity contribution in [2.45, 2.75) is 71.4 Å². The van der Waals surface area contributed by atoms with Crippen LogP contribution in [0.15, 0.2) is 0 Å². The van der Waals surface area contributed by atoms with Gasteiger partial charge < -0.3 is 10.4 Å². The van der Waals surface area contributed by atoms with Gasteiger partial charge in [-0.1, -0.05) is 34.1 Å². The summed E-state index contributed by atoms with van der Waals surface area (Å²) in [4.78, 5) is 0. The Morgan fingerprint density at radius 1 is 1.19 bits per heavy atom. The normalized spacial score (nSPS) is 31.7. The third kappa shape index (κ3) is 3.74. The summed E-state index contributed by atoms with van der Waals surface area (Å²) in [7, 11) is 0. The highest BCUT2D eigenvalue weighted by Gasteiger charge is 2.28. The lowest BCUT2D eigenvalue weighted by atomic mass is 9.79. The number of hydrogen-bond acceptors (Lipinski definition) is 2. The van der Waals surface area contributed by atoms with Gasteiger partial charge in [-0.15, -0.1) is 0 Å². The summed E-state index contributed by atoms with van der Waals surface area (Å²) in [5.74, 6) is 1.60. The van der Waals surface area contributed by atoms with E-state index in [1.54, 1.807) is 0 Å². The van der Waals surface area contributed by atoms with Crippen molar-refractivity contribution in [2.75, 3.05) is 6.54 Å². The smallest absolute Gasteiger partial charge is 0.0766 e. The summed E-state index contributed by atoms with van der Waals surface area (Å²) >= 11 is 0. The highest BCUT2D eigenvalue weighted by molar-refractivity contribution is 4.85. The van der Waals surface area contributed by atoms with Crippen molar-refractivity contribution >= 4 is 0 Å². The van der Waals surface area contributed by atoms with Gasteiger partial charge in [-0.2, -0.15) is 0 Å². The topological polar surface area (TPSA) is 32.3 Å². The molecule has 1 fully saturated rings. The lowest BCUT2D eigenvalue weighted by molar-refractivity contribution is 0.0252. The molecule has 1 saturated carbocycles. The fourth-order valence-corrected chi connectivity index (χ4v) is 2.64. The number of rotatable bonds is 5. The maximum absolute atomic E-state index is 10.2. The van der Waals surface area contributed by atoms with Crippen molar-refractivity contribution in [3.05, 3.63) is 0 Å². The molecule has 16 heavy (non-hydrogen) atoms. The molecule has 0 radical (unpaired) electrons. The molecule has 0 aromatic rings. The lowest BCUT2D eigenvalue weighted by Gasteiger charge is -2.36. The zero-order valence-corrected chi connectivity index (χ0v) is 11.4. The van der Waals surface area contributed by atoms with E-state index in [2.05, 4.69) is 33.0 Å². The maximum atomic E-state index is 10.2. The monoisotopic (exact) mass is 227 g/mol. The van der Waals surface area contributed by atoms with Crippen LogP contribution in [0.1, 0.15) is 59.8 Å². The first-order valence-electron chi connectivity index (χ1n) is 6.96. The molecule has 0 bridgehead atoms. The molecule has 2 N–H and O–H groups in total. The van der Waals surface area contributed by atoms with E-state index in [1.807, 2.05) is 0 Å². The molecule has 0 aromatic carbocycles. The first-order valence-corrected chi connectivity index (χ1v) is 6.96. The Kier molecular flexibility index (Phi) is 5.26. The van der Waals surface area contributed by atoms with Gasteiger partial charge in [-0.25, -0.2) is 0 Å². The molecule has 0 amide bonds. The quantitative estimate of drug-likeness (QED) is 0.757. The van der Waals surface area contributed by atoms with E-state index in [0.717, 1.165) is 31.2 Å². The molecule has 0 heterocycles. The summed E-state index contributed by atoms with van der Waals surface area (Å²) in [6, 6.07) is 0.605. The van der Waals surface area contributed by atoms with Crippen molar-refractivity contribution < 1.29 is 5.11 Å². The predicted octanol–water partition coefficient (Wildman–Crippen LogP) is 2.95. The molecule has 2 heteroatoms.